The summed E-state index contributed by atoms with van der Waals surface area (Å²) in [7, 11) is 0. The average Bonchev–Trinajstić information content (AvgIpc) is 2.35. The van der Waals surface area contributed by atoms with Gasteiger partial charge in [-0.25, -0.2) is 0 Å². The molecule has 0 fully saturated rings. The normalized spacial score (nSPS) is 10.6. The molecule has 0 bridgehead atoms. The molecule has 0 saturated carbocycles. The van der Waals surface area contributed by atoms with Gasteiger partial charge in [-0.15, -0.1) is 0 Å². The summed E-state index contributed by atoms with van der Waals surface area (Å²) in [5, 5.41) is 3.92. The van der Waals surface area contributed by atoms with Crippen LogP contribution in [0.25, 0.3) is 0 Å². The van der Waals surface area contributed by atoms with E-state index in [1.165, 1.54) is 24.8 Å². The summed E-state index contributed by atoms with van der Waals surface area (Å²) in [5.74, 6) is 0.989. The second kappa shape index (κ2) is 4.29. The lowest BCUT2D eigenvalue weighted by Crippen LogP contribution is -1.88. The molecule has 0 amide bonds. The SMILES string of the molecule is CCCCCc1c(C)noc1C. The van der Waals surface area contributed by atoms with Gasteiger partial charge in [-0.3, -0.25) is 0 Å². The zero-order chi connectivity index (χ0) is 8.97. The fourth-order valence-electron chi connectivity index (χ4n) is 1.41. The largest absolute Gasteiger partial charge is 0.361 e. The highest BCUT2D eigenvalue weighted by molar-refractivity contribution is 5.20. The second-order valence-electron chi connectivity index (χ2n) is 3.26. The Labute approximate surface area is 74.0 Å². The van der Waals surface area contributed by atoms with E-state index in [0.717, 1.165) is 17.9 Å². The van der Waals surface area contributed by atoms with Gasteiger partial charge in [0.05, 0.1) is 5.69 Å². The van der Waals surface area contributed by atoms with Gasteiger partial charge in [0.25, 0.3) is 0 Å². The van der Waals surface area contributed by atoms with Crippen molar-refractivity contribution in [3.63, 3.8) is 0 Å². The molecular weight excluding hydrogens is 150 g/mol. The van der Waals surface area contributed by atoms with Crippen molar-refractivity contribution in [2.45, 2.75) is 46.5 Å². The molecule has 68 valence electrons. The molecule has 0 aliphatic carbocycles. The van der Waals surface area contributed by atoms with Crippen LogP contribution in [-0.4, -0.2) is 5.16 Å². The van der Waals surface area contributed by atoms with Gasteiger partial charge < -0.3 is 4.52 Å². The highest BCUT2D eigenvalue weighted by Gasteiger charge is 2.07. The molecule has 0 saturated heterocycles. The lowest BCUT2D eigenvalue weighted by molar-refractivity contribution is 0.392. The maximum atomic E-state index is 5.08. The number of unbranched alkanes of at least 4 members (excludes halogenated alkanes) is 2. The molecule has 0 N–H and O–H groups in total. The molecule has 12 heavy (non-hydrogen) atoms. The van der Waals surface area contributed by atoms with Gasteiger partial charge in [-0.2, -0.15) is 0 Å². The number of nitrogens with zero attached hydrogens (tertiary/aromatic N) is 1. The summed E-state index contributed by atoms with van der Waals surface area (Å²) in [5.41, 5.74) is 2.37. The van der Waals surface area contributed by atoms with E-state index in [1.54, 1.807) is 0 Å². The third kappa shape index (κ3) is 2.10. The van der Waals surface area contributed by atoms with Gasteiger partial charge in [-0.1, -0.05) is 24.9 Å². The summed E-state index contributed by atoms with van der Waals surface area (Å²) in [6.07, 6.45) is 4.93. The minimum Gasteiger partial charge on any atom is -0.361 e. The number of aryl methyl sites for hydroxylation is 2. The Kier molecular flexibility index (Phi) is 3.32. The molecule has 2 nitrogen and oxygen atoms in total. The van der Waals surface area contributed by atoms with Crippen molar-refractivity contribution in [2.24, 2.45) is 0 Å². The van der Waals surface area contributed by atoms with Crippen LogP contribution in [0, 0.1) is 13.8 Å². The maximum absolute atomic E-state index is 5.08. The predicted octanol–water partition coefficient (Wildman–Crippen LogP) is 3.02. The fraction of sp³-hybridized carbons (Fsp3) is 0.700. The second-order valence-corrected chi connectivity index (χ2v) is 3.26. The van der Waals surface area contributed by atoms with Crippen molar-refractivity contribution in [1.29, 1.82) is 0 Å². The molecule has 2 heteroatoms. The van der Waals surface area contributed by atoms with E-state index in [9.17, 15) is 0 Å². The first-order chi connectivity index (χ1) is 5.75. The highest BCUT2D eigenvalue weighted by Crippen LogP contribution is 2.15. The van der Waals surface area contributed by atoms with Gasteiger partial charge in [-0.05, 0) is 26.7 Å². The quantitative estimate of drug-likeness (QED) is 0.644. The molecule has 1 rings (SSSR count). The van der Waals surface area contributed by atoms with Crippen LogP contribution < -0.4 is 0 Å². The van der Waals surface area contributed by atoms with Crippen LogP contribution in [0.5, 0.6) is 0 Å². The van der Waals surface area contributed by atoms with E-state index < -0.39 is 0 Å². The molecule has 0 aliphatic heterocycles. The van der Waals surface area contributed by atoms with E-state index in [1.807, 2.05) is 13.8 Å². The minimum atomic E-state index is 0.989. The zero-order valence-corrected chi connectivity index (χ0v) is 8.18. The molecule has 1 aromatic rings. The highest BCUT2D eigenvalue weighted by atomic mass is 16.5. The maximum Gasteiger partial charge on any atom is 0.137 e. The Hall–Kier alpha value is -0.790. The van der Waals surface area contributed by atoms with Crippen LogP contribution >= 0.6 is 0 Å². The van der Waals surface area contributed by atoms with Crippen molar-refractivity contribution >= 4 is 0 Å². The van der Waals surface area contributed by atoms with E-state index >= 15 is 0 Å². The first-order valence-electron chi connectivity index (χ1n) is 4.67. The molecule has 1 heterocycles. The van der Waals surface area contributed by atoms with Crippen LogP contribution in [0.3, 0.4) is 0 Å². The summed E-state index contributed by atoms with van der Waals surface area (Å²) in [6, 6.07) is 0. The molecular formula is C10H17NO. The molecule has 0 aliphatic rings. The van der Waals surface area contributed by atoms with Crippen LogP contribution in [0.1, 0.15) is 43.2 Å². The van der Waals surface area contributed by atoms with Crippen molar-refractivity contribution in [1.82, 2.24) is 5.16 Å². The Bertz CT molecular complexity index is 220. The first-order valence-corrected chi connectivity index (χ1v) is 4.67. The van der Waals surface area contributed by atoms with Crippen molar-refractivity contribution in [3.05, 3.63) is 17.0 Å². The van der Waals surface area contributed by atoms with E-state index in [-0.39, 0.29) is 0 Å². The third-order valence-electron chi connectivity index (χ3n) is 2.21. The van der Waals surface area contributed by atoms with Crippen molar-refractivity contribution < 1.29 is 4.52 Å². The molecule has 0 radical (unpaired) electrons. The van der Waals surface area contributed by atoms with Crippen LogP contribution in [-0.2, 0) is 6.42 Å². The molecule has 0 aromatic carbocycles. The molecule has 0 unspecified atom stereocenters. The number of rotatable bonds is 4. The third-order valence-corrected chi connectivity index (χ3v) is 2.21. The van der Waals surface area contributed by atoms with E-state index in [4.69, 9.17) is 4.52 Å². The van der Waals surface area contributed by atoms with Crippen LogP contribution in [0.15, 0.2) is 4.52 Å². The Morgan fingerprint density at radius 1 is 1.25 bits per heavy atom. The standard InChI is InChI=1S/C10H17NO/c1-4-5-6-7-10-8(2)11-12-9(10)3/h4-7H2,1-3H3. The Balaban J connectivity index is 2.50. The van der Waals surface area contributed by atoms with Gasteiger partial charge in [0.2, 0.25) is 0 Å². The van der Waals surface area contributed by atoms with E-state index in [2.05, 4.69) is 12.1 Å². The predicted molar refractivity (Wildman–Crippen MR) is 49.2 cm³/mol. The van der Waals surface area contributed by atoms with Crippen molar-refractivity contribution in [3.8, 4) is 0 Å². The topological polar surface area (TPSA) is 26.0 Å². The van der Waals surface area contributed by atoms with E-state index in [0.29, 0.717) is 0 Å². The van der Waals surface area contributed by atoms with Gasteiger partial charge in [0, 0.05) is 5.56 Å². The zero-order valence-electron chi connectivity index (χ0n) is 8.18. The summed E-state index contributed by atoms with van der Waals surface area (Å²) >= 11 is 0. The van der Waals surface area contributed by atoms with Gasteiger partial charge >= 0.3 is 0 Å². The lowest BCUT2D eigenvalue weighted by atomic mass is 10.1. The van der Waals surface area contributed by atoms with Crippen molar-refractivity contribution in [2.75, 3.05) is 0 Å². The Morgan fingerprint density at radius 2 is 2.00 bits per heavy atom. The fourth-order valence-corrected chi connectivity index (χ4v) is 1.41. The summed E-state index contributed by atoms with van der Waals surface area (Å²) in [6.45, 7) is 6.21. The lowest BCUT2D eigenvalue weighted by Gasteiger charge is -1.97. The van der Waals surface area contributed by atoms with Crippen LogP contribution in [0.2, 0.25) is 0 Å². The minimum absolute atomic E-state index is 0.989. The summed E-state index contributed by atoms with van der Waals surface area (Å²) in [4.78, 5) is 0. The number of hydrogen-bond acceptors (Lipinski definition) is 2. The molecule has 0 spiro atoms. The molecule has 1 aromatic heterocycles. The number of aromatic nitrogens is 1. The Morgan fingerprint density at radius 3 is 2.50 bits per heavy atom. The monoisotopic (exact) mass is 167 g/mol. The van der Waals surface area contributed by atoms with Crippen LogP contribution in [0.4, 0.5) is 0 Å². The molecule has 0 atom stereocenters. The van der Waals surface area contributed by atoms with Gasteiger partial charge in [0.1, 0.15) is 5.76 Å². The van der Waals surface area contributed by atoms with Gasteiger partial charge in [0.15, 0.2) is 0 Å². The smallest absolute Gasteiger partial charge is 0.137 e. The average molecular weight is 167 g/mol. The summed E-state index contributed by atoms with van der Waals surface area (Å²) < 4.78 is 5.08. The first kappa shape index (κ1) is 9.30. The number of hydrogen-bond donors (Lipinski definition) is 0.